The molecule has 154 valence electrons. The van der Waals surface area contributed by atoms with E-state index in [2.05, 4.69) is 41.3 Å². The number of halogens is 4. The van der Waals surface area contributed by atoms with Gasteiger partial charge in [-0.1, -0.05) is 27.7 Å². The summed E-state index contributed by atoms with van der Waals surface area (Å²) in [4.78, 5) is 3.87. The van der Waals surface area contributed by atoms with Crippen LogP contribution in [0, 0.1) is 0 Å². The second kappa shape index (κ2) is 8.56. The van der Waals surface area contributed by atoms with Crippen molar-refractivity contribution in [1.82, 2.24) is 29.9 Å². The van der Waals surface area contributed by atoms with Gasteiger partial charge in [0.2, 0.25) is 11.8 Å². The van der Waals surface area contributed by atoms with E-state index in [0.717, 1.165) is 26.4 Å². The maximum atomic E-state index is 13.1. The van der Waals surface area contributed by atoms with Crippen molar-refractivity contribution in [3.05, 3.63) is 59.2 Å². The van der Waals surface area contributed by atoms with Gasteiger partial charge in [0.15, 0.2) is 11.0 Å². The average Bonchev–Trinajstić information content (AvgIpc) is 3.34. The zero-order valence-electron chi connectivity index (χ0n) is 15.0. The maximum absolute atomic E-state index is 13.1. The van der Waals surface area contributed by atoms with Crippen molar-refractivity contribution >= 4 is 27.7 Å². The fraction of sp³-hybridized carbons (Fsp3) is 0.167. The van der Waals surface area contributed by atoms with Crippen molar-refractivity contribution in [3.8, 4) is 22.8 Å². The van der Waals surface area contributed by atoms with Crippen LogP contribution in [0.2, 0.25) is 0 Å². The SMILES string of the molecule is FC(F)(F)Cn1c(SCc2nnc(-c3ccc(Br)cc3)o2)nnc1-c1ccncc1. The van der Waals surface area contributed by atoms with E-state index in [1.807, 2.05) is 24.3 Å². The Hall–Kier alpha value is -2.73. The van der Waals surface area contributed by atoms with Crippen molar-refractivity contribution in [1.29, 1.82) is 0 Å². The number of aromatic nitrogens is 6. The van der Waals surface area contributed by atoms with E-state index in [9.17, 15) is 13.2 Å². The molecule has 0 atom stereocenters. The highest BCUT2D eigenvalue weighted by Crippen LogP contribution is 2.30. The molecule has 7 nitrogen and oxygen atoms in total. The molecule has 0 aliphatic rings. The van der Waals surface area contributed by atoms with Crippen LogP contribution in [-0.4, -0.2) is 36.1 Å². The summed E-state index contributed by atoms with van der Waals surface area (Å²) in [5, 5.41) is 15.9. The Bertz CT molecular complexity index is 1130. The van der Waals surface area contributed by atoms with Crippen LogP contribution in [0.25, 0.3) is 22.8 Å². The second-order valence-corrected chi connectivity index (χ2v) is 7.90. The Morgan fingerprint density at radius 3 is 2.37 bits per heavy atom. The quantitative estimate of drug-likeness (QED) is 0.347. The van der Waals surface area contributed by atoms with E-state index < -0.39 is 12.7 Å². The smallest absolute Gasteiger partial charge is 0.406 e. The summed E-state index contributed by atoms with van der Waals surface area (Å²) in [6.45, 7) is -1.21. The first-order valence-electron chi connectivity index (χ1n) is 8.50. The van der Waals surface area contributed by atoms with E-state index in [1.54, 1.807) is 12.1 Å². The first-order valence-corrected chi connectivity index (χ1v) is 10.3. The van der Waals surface area contributed by atoms with Crippen LogP contribution >= 0.6 is 27.7 Å². The highest BCUT2D eigenvalue weighted by molar-refractivity contribution is 9.10. The van der Waals surface area contributed by atoms with Crippen LogP contribution < -0.4 is 0 Å². The predicted octanol–water partition coefficient (Wildman–Crippen LogP) is 5.01. The van der Waals surface area contributed by atoms with Gasteiger partial charge in [-0.25, -0.2) is 0 Å². The van der Waals surface area contributed by atoms with Gasteiger partial charge in [-0.2, -0.15) is 13.2 Å². The molecule has 1 aromatic carbocycles. The molecule has 30 heavy (non-hydrogen) atoms. The molecule has 0 spiro atoms. The third-order valence-electron chi connectivity index (χ3n) is 3.88. The standard InChI is InChI=1S/C18H12BrF3N6OS/c19-13-3-1-12(2-4-13)16-26-24-14(29-16)9-30-17-27-25-15(11-5-7-23-8-6-11)28(17)10-18(20,21)22/h1-8H,9-10H2. The Morgan fingerprint density at radius 1 is 0.933 bits per heavy atom. The molecule has 0 aliphatic heterocycles. The highest BCUT2D eigenvalue weighted by Gasteiger charge is 2.31. The monoisotopic (exact) mass is 496 g/mol. The summed E-state index contributed by atoms with van der Waals surface area (Å²) in [5.74, 6) is 0.853. The van der Waals surface area contributed by atoms with Gasteiger partial charge in [0.05, 0.1) is 5.75 Å². The van der Waals surface area contributed by atoms with Crippen molar-refractivity contribution in [2.75, 3.05) is 0 Å². The molecule has 12 heteroatoms. The van der Waals surface area contributed by atoms with Gasteiger partial charge < -0.3 is 4.42 Å². The molecule has 0 radical (unpaired) electrons. The van der Waals surface area contributed by atoms with Crippen LogP contribution in [0.15, 0.2) is 62.8 Å². The molecule has 0 unspecified atom stereocenters. The summed E-state index contributed by atoms with van der Waals surface area (Å²) in [6.07, 6.45) is -1.47. The number of nitrogens with zero attached hydrogens (tertiary/aromatic N) is 6. The van der Waals surface area contributed by atoms with Crippen molar-refractivity contribution in [2.45, 2.75) is 23.6 Å². The first kappa shape index (κ1) is 20.5. The number of alkyl halides is 3. The molecule has 0 bridgehead atoms. The fourth-order valence-electron chi connectivity index (χ4n) is 2.58. The van der Waals surface area contributed by atoms with E-state index >= 15 is 0 Å². The number of hydrogen-bond acceptors (Lipinski definition) is 7. The molecule has 0 aliphatic carbocycles. The number of hydrogen-bond donors (Lipinski definition) is 0. The molecule has 0 saturated carbocycles. The van der Waals surface area contributed by atoms with E-state index in [0.29, 0.717) is 11.5 Å². The lowest BCUT2D eigenvalue weighted by Crippen LogP contribution is -2.19. The molecule has 3 heterocycles. The number of benzene rings is 1. The summed E-state index contributed by atoms with van der Waals surface area (Å²) in [5.41, 5.74) is 1.23. The van der Waals surface area contributed by atoms with Gasteiger partial charge >= 0.3 is 6.18 Å². The lowest BCUT2D eigenvalue weighted by atomic mass is 10.2. The van der Waals surface area contributed by atoms with Gasteiger partial charge in [0.25, 0.3) is 0 Å². The Labute approximate surface area is 180 Å². The van der Waals surface area contributed by atoms with E-state index in [1.165, 1.54) is 12.4 Å². The third-order valence-corrected chi connectivity index (χ3v) is 5.36. The third kappa shape index (κ3) is 4.87. The molecule has 0 saturated heterocycles. The summed E-state index contributed by atoms with van der Waals surface area (Å²) >= 11 is 4.39. The first-order chi connectivity index (χ1) is 14.4. The zero-order valence-corrected chi connectivity index (χ0v) is 17.4. The Morgan fingerprint density at radius 2 is 1.67 bits per heavy atom. The van der Waals surface area contributed by atoms with Crippen molar-refractivity contribution < 1.29 is 17.6 Å². The van der Waals surface area contributed by atoms with Gasteiger partial charge in [0, 0.05) is 28.0 Å². The highest BCUT2D eigenvalue weighted by atomic mass is 79.9. The topological polar surface area (TPSA) is 82.5 Å². The molecule has 4 aromatic rings. The normalized spacial score (nSPS) is 11.7. The van der Waals surface area contributed by atoms with Crippen LogP contribution in [0.1, 0.15) is 5.89 Å². The largest absolute Gasteiger partial charge is 0.420 e. The lowest BCUT2D eigenvalue weighted by Gasteiger charge is -2.12. The minimum atomic E-state index is -4.43. The second-order valence-electron chi connectivity index (χ2n) is 6.04. The molecule has 0 fully saturated rings. The zero-order chi connectivity index (χ0) is 21.1. The van der Waals surface area contributed by atoms with Crippen LogP contribution in [-0.2, 0) is 12.3 Å². The van der Waals surface area contributed by atoms with Crippen molar-refractivity contribution in [3.63, 3.8) is 0 Å². The Kier molecular flexibility index (Phi) is 5.86. The number of rotatable bonds is 6. The maximum Gasteiger partial charge on any atom is 0.406 e. The van der Waals surface area contributed by atoms with Gasteiger partial charge in [-0.15, -0.1) is 20.4 Å². The fourth-order valence-corrected chi connectivity index (χ4v) is 3.62. The summed E-state index contributed by atoms with van der Waals surface area (Å²) < 4.78 is 47.0. The van der Waals surface area contributed by atoms with Crippen LogP contribution in [0.4, 0.5) is 13.2 Å². The van der Waals surface area contributed by atoms with Gasteiger partial charge in [-0.3, -0.25) is 9.55 Å². The minimum Gasteiger partial charge on any atom is -0.420 e. The molecule has 3 aromatic heterocycles. The molecule has 0 amide bonds. The molecular weight excluding hydrogens is 485 g/mol. The van der Waals surface area contributed by atoms with Crippen molar-refractivity contribution in [2.24, 2.45) is 0 Å². The van der Waals surface area contributed by atoms with E-state index in [-0.39, 0.29) is 22.6 Å². The predicted molar refractivity (Wildman–Crippen MR) is 106 cm³/mol. The van der Waals surface area contributed by atoms with Crippen LogP contribution in [0.3, 0.4) is 0 Å². The molecule has 4 rings (SSSR count). The van der Waals surface area contributed by atoms with Gasteiger partial charge in [-0.05, 0) is 36.4 Å². The van der Waals surface area contributed by atoms with E-state index in [4.69, 9.17) is 4.42 Å². The number of thioether (sulfide) groups is 1. The number of pyridine rings is 1. The van der Waals surface area contributed by atoms with Gasteiger partial charge in [0.1, 0.15) is 6.54 Å². The summed E-state index contributed by atoms with van der Waals surface area (Å²) in [6, 6.07) is 10.5. The van der Waals surface area contributed by atoms with Crippen LogP contribution in [0.5, 0.6) is 0 Å². The minimum absolute atomic E-state index is 0.0996. The average molecular weight is 497 g/mol. The molecule has 0 N–H and O–H groups in total. The summed E-state index contributed by atoms with van der Waals surface area (Å²) in [7, 11) is 0. The molecular formula is C18H12BrF3N6OS. The Balaban J connectivity index is 1.55. The lowest BCUT2D eigenvalue weighted by molar-refractivity contribution is -0.141.